The summed E-state index contributed by atoms with van der Waals surface area (Å²) in [5, 5.41) is 3.09. The van der Waals surface area contributed by atoms with Crippen LogP contribution in [0, 0.1) is 0 Å². The van der Waals surface area contributed by atoms with E-state index < -0.39 is 10.0 Å². The second-order valence-electron chi connectivity index (χ2n) is 6.83. The van der Waals surface area contributed by atoms with Crippen LogP contribution in [0.5, 0.6) is 0 Å². The highest BCUT2D eigenvalue weighted by molar-refractivity contribution is 7.89. The molecule has 7 heteroatoms. The van der Waals surface area contributed by atoms with E-state index in [9.17, 15) is 8.42 Å². The molecular formula is C17H22N2O3S2. The maximum Gasteiger partial charge on any atom is 0.243 e. The third-order valence-corrected chi connectivity index (χ3v) is 7.08. The lowest BCUT2D eigenvalue weighted by molar-refractivity contribution is 0.0730. The van der Waals surface area contributed by atoms with E-state index in [0.29, 0.717) is 31.2 Å². The van der Waals surface area contributed by atoms with Gasteiger partial charge in [0, 0.05) is 29.4 Å². The summed E-state index contributed by atoms with van der Waals surface area (Å²) in [6, 6.07) is 6.98. The smallest absolute Gasteiger partial charge is 0.243 e. The van der Waals surface area contributed by atoms with E-state index in [-0.39, 0.29) is 5.41 Å². The van der Waals surface area contributed by atoms with Crippen LogP contribution in [0.25, 0.3) is 11.3 Å². The number of hydrogen-bond donors (Lipinski definition) is 0. The van der Waals surface area contributed by atoms with Gasteiger partial charge in [-0.3, -0.25) is 0 Å². The standard InChI is InChI=1S/C17H22N2O3S2/c1-17(2,3)16-18-15(12-23-16)13-4-6-14(7-5-13)24(20,21)19-8-10-22-11-9-19/h4-7,12H,8-11H2,1-3H3. The molecule has 3 rings (SSSR count). The highest BCUT2D eigenvalue weighted by Crippen LogP contribution is 2.30. The van der Waals surface area contributed by atoms with Crippen molar-refractivity contribution < 1.29 is 13.2 Å². The van der Waals surface area contributed by atoms with Gasteiger partial charge >= 0.3 is 0 Å². The Morgan fingerprint density at radius 2 is 1.75 bits per heavy atom. The van der Waals surface area contributed by atoms with Crippen molar-refractivity contribution in [3.05, 3.63) is 34.7 Å². The normalized spacial score (nSPS) is 17.1. The molecule has 5 nitrogen and oxygen atoms in total. The number of ether oxygens (including phenoxy) is 1. The van der Waals surface area contributed by atoms with Crippen molar-refractivity contribution in [2.24, 2.45) is 0 Å². The first-order valence-electron chi connectivity index (χ1n) is 7.93. The Labute approximate surface area is 147 Å². The minimum atomic E-state index is -3.44. The molecule has 2 heterocycles. The Hall–Kier alpha value is -1.28. The molecule has 2 aromatic rings. The zero-order valence-corrected chi connectivity index (χ0v) is 15.8. The lowest BCUT2D eigenvalue weighted by Crippen LogP contribution is -2.40. The number of sulfonamides is 1. The van der Waals surface area contributed by atoms with Crippen LogP contribution >= 0.6 is 11.3 Å². The van der Waals surface area contributed by atoms with Gasteiger partial charge in [-0.05, 0) is 12.1 Å². The van der Waals surface area contributed by atoms with Crippen molar-refractivity contribution in [1.29, 1.82) is 0 Å². The van der Waals surface area contributed by atoms with E-state index in [2.05, 4.69) is 25.8 Å². The van der Waals surface area contributed by atoms with E-state index in [1.54, 1.807) is 23.5 Å². The largest absolute Gasteiger partial charge is 0.379 e. The minimum Gasteiger partial charge on any atom is -0.379 e. The van der Waals surface area contributed by atoms with Gasteiger partial charge in [0.25, 0.3) is 0 Å². The summed E-state index contributed by atoms with van der Waals surface area (Å²) in [7, 11) is -3.44. The molecule has 0 amide bonds. The summed E-state index contributed by atoms with van der Waals surface area (Å²) in [6.45, 7) is 8.11. The van der Waals surface area contributed by atoms with Crippen molar-refractivity contribution >= 4 is 21.4 Å². The Morgan fingerprint density at radius 1 is 1.12 bits per heavy atom. The number of hydrogen-bond acceptors (Lipinski definition) is 5. The van der Waals surface area contributed by atoms with Gasteiger partial charge in [0.1, 0.15) is 0 Å². The average Bonchev–Trinajstić information content (AvgIpc) is 3.06. The molecule has 0 spiro atoms. The Morgan fingerprint density at radius 3 is 2.29 bits per heavy atom. The van der Waals surface area contributed by atoms with Gasteiger partial charge in [0.15, 0.2) is 0 Å². The van der Waals surface area contributed by atoms with Crippen LogP contribution in [0.2, 0.25) is 0 Å². The molecule has 24 heavy (non-hydrogen) atoms. The van der Waals surface area contributed by atoms with Crippen molar-refractivity contribution in [3.63, 3.8) is 0 Å². The molecule has 0 N–H and O–H groups in total. The Kier molecular flexibility index (Phi) is 4.79. The van der Waals surface area contributed by atoms with Crippen molar-refractivity contribution in [2.45, 2.75) is 31.1 Å². The molecule has 1 aliphatic heterocycles. The molecule has 1 aromatic carbocycles. The summed E-state index contributed by atoms with van der Waals surface area (Å²) < 4.78 is 32.0. The van der Waals surface area contributed by atoms with Crippen LogP contribution in [0.3, 0.4) is 0 Å². The third-order valence-electron chi connectivity index (χ3n) is 3.90. The summed E-state index contributed by atoms with van der Waals surface area (Å²) in [4.78, 5) is 4.99. The van der Waals surface area contributed by atoms with Crippen LogP contribution in [0.1, 0.15) is 25.8 Å². The molecular weight excluding hydrogens is 344 g/mol. The summed E-state index contributed by atoms with van der Waals surface area (Å²) in [5.41, 5.74) is 1.84. The number of rotatable bonds is 3. The van der Waals surface area contributed by atoms with Crippen LogP contribution in [-0.4, -0.2) is 44.0 Å². The number of morpholine rings is 1. The van der Waals surface area contributed by atoms with Gasteiger partial charge in [-0.2, -0.15) is 4.31 Å². The first-order chi connectivity index (χ1) is 11.3. The number of thiazole rings is 1. The van der Waals surface area contributed by atoms with Gasteiger partial charge in [-0.1, -0.05) is 32.9 Å². The molecule has 1 aromatic heterocycles. The van der Waals surface area contributed by atoms with E-state index in [1.807, 2.05) is 17.5 Å². The third kappa shape index (κ3) is 3.54. The van der Waals surface area contributed by atoms with Gasteiger partial charge in [0.05, 0.1) is 28.8 Å². The van der Waals surface area contributed by atoms with Crippen molar-refractivity contribution in [1.82, 2.24) is 9.29 Å². The predicted molar refractivity (Wildman–Crippen MR) is 95.8 cm³/mol. The van der Waals surface area contributed by atoms with Gasteiger partial charge < -0.3 is 4.74 Å². The molecule has 1 aliphatic rings. The zero-order chi connectivity index (χ0) is 17.4. The monoisotopic (exact) mass is 366 g/mol. The van der Waals surface area contributed by atoms with E-state index >= 15 is 0 Å². The maximum absolute atomic E-state index is 12.6. The second kappa shape index (κ2) is 6.55. The van der Waals surface area contributed by atoms with E-state index in [1.165, 1.54) is 4.31 Å². The van der Waals surface area contributed by atoms with E-state index in [0.717, 1.165) is 16.3 Å². The molecule has 0 unspecified atom stereocenters. The quantitative estimate of drug-likeness (QED) is 0.837. The lowest BCUT2D eigenvalue weighted by Gasteiger charge is -2.26. The number of benzene rings is 1. The Balaban J connectivity index is 1.84. The fourth-order valence-corrected chi connectivity index (χ4v) is 4.81. The molecule has 1 fully saturated rings. The number of aromatic nitrogens is 1. The van der Waals surface area contributed by atoms with Crippen molar-refractivity contribution in [3.8, 4) is 11.3 Å². The lowest BCUT2D eigenvalue weighted by atomic mass is 9.98. The second-order valence-corrected chi connectivity index (χ2v) is 9.62. The topological polar surface area (TPSA) is 59.5 Å². The average molecular weight is 367 g/mol. The predicted octanol–water partition coefficient (Wildman–Crippen LogP) is 3.13. The van der Waals surface area contributed by atoms with Crippen LogP contribution in [0.4, 0.5) is 0 Å². The fourth-order valence-electron chi connectivity index (χ4n) is 2.48. The number of nitrogens with zero attached hydrogens (tertiary/aromatic N) is 2. The highest BCUT2D eigenvalue weighted by atomic mass is 32.2. The molecule has 0 radical (unpaired) electrons. The molecule has 130 valence electrons. The molecule has 0 bridgehead atoms. The molecule has 0 atom stereocenters. The van der Waals surface area contributed by atoms with Gasteiger partial charge in [-0.15, -0.1) is 11.3 Å². The fraction of sp³-hybridized carbons (Fsp3) is 0.471. The summed E-state index contributed by atoms with van der Waals surface area (Å²) >= 11 is 1.63. The summed E-state index contributed by atoms with van der Waals surface area (Å²) in [5.74, 6) is 0. The van der Waals surface area contributed by atoms with Crippen LogP contribution in [-0.2, 0) is 20.2 Å². The molecule has 1 saturated heterocycles. The first kappa shape index (κ1) is 17.5. The minimum absolute atomic E-state index is 0.0164. The summed E-state index contributed by atoms with van der Waals surface area (Å²) in [6.07, 6.45) is 0. The van der Waals surface area contributed by atoms with E-state index in [4.69, 9.17) is 4.74 Å². The van der Waals surface area contributed by atoms with Gasteiger partial charge in [0.2, 0.25) is 10.0 Å². The first-order valence-corrected chi connectivity index (χ1v) is 10.2. The highest BCUT2D eigenvalue weighted by Gasteiger charge is 2.26. The maximum atomic E-state index is 12.6. The zero-order valence-electron chi connectivity index (χ0n) is 14.2. The molecule has 0 saturated carbocycles. The SMILES string of the molecule is CC(C)(C)c1nc(-c2ccc(S(=O)(=O)N3CCOCC3)cc2)cs1. The van der Waals surface area contributed by atoms with Gasteiger partial charge in [-0.25, -0.2) is 13.4 Å². The Bertz CT molecular complexity index is 799. The van der Waals surface area contributed by atoms with Crippen molar-refractivity contribution in [2.75, 3.05) is 26.3 Å². The van der Waals surface area contributed by atoms with Crippen LogP contribution < -0.4 is 0 Å². The van der Waals surface area contributed by atoms with Crippen LogP contribution in [0.15, 0.2) is 34.5 Å². The molecule has 0 aliphatic carbocycles.